The van der Waals surface area contributed by atoms with Gasteiger partial charge in [-0.05, 0) is 75.0 Å². The van der Waals surface area contributed by atoms with Crippen LogP contribution in [0.25, 0.3) is 10.9 Å². The van der Waals surface area contributed by atoms with Crippen LogP contribution in [0.5, 0.6) is 0 Å². The molecule has 6 rings (SSSR count). The van der Waals surface area contributed by atoms with E-state index >= 15 is 0 Å². The van der Waals surface area contributed by atoms with Crippen molar-refractivity contribution in [3.05, 3.63) is 47.7 Å². The molecule has 1 aromatic heterocycles. The summed E-state index contributed by atoms with van der Waals surface area (Å²) in [5, 5.41) is 1.34. The van der Waals surface area contributed by atoms with E-state index in [9.17, 15) is 4.79 Å². The van der Waals surface area contributed by atoms with Gasteiger partial charge in [0.05, 0.1) is 6.04 Å². The summed E-state index contributed by atoms with van der Waals surface area (Å²) in [6.07, 6.45) is 15.3. The maximum atomic E-state index is 13.4. The van der Waals surface area contributed by atoms with E-state index in [4.69, 9.17) is 0 Å². The molecular weight excluding hydrogens is 394 g/mol. The van der Waals surface area contributed by atoms with E-state index in [-0.39, 0.29) is 0 Å². The highest BCUT2D eigenvalue weighted by atomic mass is 16.2. The van der Waals surface area contributed by atoms with Crippen LogP contribution in [-0.4, -0.2) is 52.0 Å². The summed E-state index contributed by atoms with van der Waals surface area (Å²) in [6.45, 7) is 3.44. The van der Waals surface area contributed by atoms with Crippen LogP contribution >= 0.6 is 0 Å². The van der Waals surface area contributed by atoms with Crippen LogP contribution in [0.2, 0.25) is 0 Å². The Labute approximate surface area is 192 Å². The van der Waals surface area contributed by atoms with Crippen LogP contribution in [-0.2, 0) is 18.3 Å². The van der Waals surface area contributed by atoms with Gasteiger partial charge in [-0.25, -0.2) is 0 Å². The number of hydrogen-bond donors (Lipinski definition) is 0. The number of amides is 1. The predicted octanol–water partition coefficient (Wildman–Crippen LogP) is 4.92. The van der Waals surface area contributed by atoms with Gasteiger partial charge in [-0.15, -0.1) is 0 Å². The number of rotatable bonds is 4. The lowest BCUT2D eigenvalue weighted by Crippen LogP contribution is -2.60. The maximum absolute atomic E-state index is 13.4. The zero-order chi connectivity index (χ0) is 21.7. The minimum Gasteiger partial charge on any atom is -0.350 e. The van der Waals surface area contributed by atoms with Crippen molar-refractivity contribution < 1.29 is 4.79 Å². The molecule has 1 aliphatic carbocycles. The van der Waals surface area contributed by atoms with Gasteiger partial charge in [-0.1, -0.05) is 36.3 Å². The number of likely N-dealkylation sites (tertiary alicyclic amines) is 1. The summed E-state index contributed by atoms with van der Waals surface area (Å²) in [5.74, 6) is 1.78. The number of carbonyl (C=O) groups is 1. The number of carbonyl (C=O) groups excluding carboxylic acids is 1. The fourth-order valence-corrected chi connectivity index (χ4v) is 7.45. The highest BCUT2D eigenvalue weighted by Crippen LogP contribution is 2.45. The van der Waals surface area contributed by atoms with Gasteiger partial charge < -0.3 is 9.47 Å². The van der Waals surface area contributed by atoms with Crippen molar-refractivity contribution in [3.8, 4) is 0 Å². The Kier molecular flexibility index (Phi) is 5.37. The Morgan fingerprint density at radius 3 is 2.97 bits per heavy atom. The Morgan fingerprint density at radius 1 is 1.12 bits per heavy atom. The number of para-hydroxylation sites is 1. The Balaban J connectivity index is 1.14. The summed E-state index contributed by atoms with van der Waals surface area (Å²) in [6, 6.07) is 9.77. The van der Waals surface area contributed by atoms with Gasteiger partial charge in [0.15, 0.2) is 0 Å². The average Bonchev–Trinajstić information content (AvgIpc) is 3.14. The topological polar surface area (TPSA) is 28.5 Å². The van der Waals surface area contributed by atoms with Crippen LogP contribution in [0.1, 0.15) is 56.9 Å². The zero-order valence-corrected chi connectivity index (χ0v) is 19.5. The SMILES string of the molecule is Cn1cc(CCCC(=O)N2CCCC3=C[C@@H]4C[C@H](CN5CCCCC45)C32)c2ccccc21. The third-order valence-electron chi connectivity index (χ3n) is 8.79. The van der Waals surface area contributed by atoms with Crippen molar-refractivity contribution in [1.82, 2.24) is 14.4 Å². The van der Waals surface area contributed by atoms with E-state index in [1.807, 2.05) is 0 Å². The second-order valence-corrected chi connectivity index (χ2v) is 10.7. The van der Waals surface area contributed by atoms with Crippen molar-refractivity contribution in [2.45, 2.75) is 69.9 Å². The van der Waals surface area contributed by atoms with Gasteiger partial charge >= 0.3 is 0 Å². The summed E-state index contributed by atoms with van der Waals surface area (Å²) >= 11 is 0. The van der Waals surface area contributed by atoms with Gasteiger partial charge in [0.2, 0.25) is 5.91 Å². The molecule has 4 nitrogen and oxygen atoms in total. The quantitative estimate of drug-likeness (QED) is 0.643. The van der Waals surface area contributed by atoms with Gasteiger partial charge in [0.1, 0.15) is 0 Å². The lowest BCUT2D eigenvalue weighted by atomic mass is 9.68. The Hall–Kier alpha value is -2.07. The summed E-state index contributed by atoms with van der Waals surface area (Å²) in [7, 11) is 2.12. The van der Waals surface area contributed by atoms with E-state index in [1.165, 1.54) is 61.7 Å². The van der Waals surface area contributed by atoms with Crippen LogP contribution in [0, 0.1) is 11.8 Å². The first kappa shape index (κ1) is 20.5. The number of nitrogens with zero attached hydrogens (tertiary/aromatic N) is 3. The molecule has 4 heterocycles. The zero-order valence-electron chi connectivity index (χ0n) is 19.5. The molecule has 3 saturated heterocycles. The van der Waals surface area contributed by atoms with E-state index in [1.54, 1.807) is 5.57 Å². The van der Waals surface area contributed by atoms with Crippen LogP contribution < -0.4 is 0 Å². The van der Waals surface area contributed by atoms with Gasteiger partial charge in [-0.2, -0.15) is 0 Å². The molecule has 0 N–H and O–H groups in total. The number of aromatic nitrogens is 1. The smallest absolute Gasteiger partial charge is 0.223 e. The minimum atomic E-state index is 0.382. The first-order chi connectivity index (χ1) is 15.7. The first-order valence-electron chi connectivity index (χ1n) is 13.0. The Morgan fingerprint density at radius 2 is 2.03 bits per heavy atom. The number of benzene rings is 1. The molecule has 1 amide bonds. The van der Waals surface area contributed by atoms with E-state index in [0.29, 0.717) is 24.3 Å². The fraction of sp³-hybridized carbons (Fsp3) is 0.607. The van der Waals surface area contributed by atoms with E-state index < -0.39 is 0 Å². The molecule has 2 unspecified atom stereocenters. The molecule has 3 fully saturated rings. The predicted molar refractivity (Wildman–Crippen MR) is 129 cm³/mol. The van der Waals surface area contributed by atoms with Crippen LogP contribution in [0.15, 0.2) is 42.1 Å². The summed E-state index contributed by atoms with van der Waals surface area (Å²) in [5.41, 5.74) is 4.26. The number of hydrogen-bond acceptors (Lipinski definition) is 2. The summed E-state index contributed by atoms with van der Waals surface area (Å²) in [4.78, 5) is 18.5. The van der Waals surface area contributed by atoms with Gasteiger partial charge in [0.25, 0.3) is 0 Å². The lowest BCUT2D eigenvalue weighted by Gasteiger charge is -2.54. The van der Waals surface area contributed by atoms with Crippen molar-refractivity contribution in [3.63, 3.8) is 0 Å². The maximum Gasteiger partial charge on any atom is 0.223 e. The molecule has 2 aromatic rings. The molecule has 0 radical (unpaired) electrons. The van der Waals surface area contributed by atoms with Crippen molar-refractivity contribution in [2.75, 3.05) is 19.6 Å². The highest BCUT2D eigenvalue weighted by molar-refractivity contribution is 5.84. The monoisotopic (exact) mass is 431 g/mol. The Bertz CT molecular complexity index is 1040. The molecule has 4 aliphatic rings. The van der Waals surface area contributed by atoms with Crippen LogP contribution in [0.3, 0.4) is 0 Å². The average molecular weight is 432 g/mol. The molecule has 3 aliphatic heterocycles. The first-order valence-corrected chi connectivity index (χ1v) is 13.0. The highest BCUT2D eigenvalue weighted by Gasteiger charge is 2.46. The number of fused-ring (bicyclic) bond motifs is 7. The minimum absolute atomic E-state index is 0.382. The molecule has 4 atom stereocenters. The van der Waals surface area contributed by atoms with Crippen LogP contribution in [0.4, 0.5) is 0 Å². The second kappa shape index (κ2) is 8.37. The number of aryl methyl sites for hydroxylation is 2. The molecule has 0 saturated carbocycles. The number of piperidine rings is 3. The van der Waals surface area contributed by atoms with Crippen molar-refractivity contribution in [1.29, 1.82) is 0 Å². The molecule has 170 valence electrons. The molecule has 0 spiro atoms. The molecule has 32 heavy (non-hydrogen) atoms. The third kappa shape index (κ3) is 3.51. The second-order valence-electron chi connectivity index (χ2n) is 10.7. The largest absolute Gasteiger partial charge is 0.350 e. The molecule has 4 heteroatoms. The fourth-order valence-electron chi connectivity index (χ4n) is 7.45. The lowest BCUT2D eigenvalue weighted by molar-refractivity contribution is -0.136. The van der Waals surface area contributed by atoms with E-state index in [2.05, 4.69) is 58.0 Å². The van der Waals surface area contributed by atoms with Crippen molar-refractivity contribution >= 4 is 16.8 Å². The molecule has 2 bridgehead atoms. The molecule has 1 aromatic carbocycles. The normalized spacial score (nSPS) is 30.0. The van der Waals surface area contributed by atoms with E-state index in [0.717, 1.165) is 37.8 Å². The van der Waals surface area contributed by atoms with Gasteiger partial charge in [-0.3, -0.25) is 9.69 Å². The third-order valence-corrected chi connectivity index (χ3v) is 8.79. The molecular formula is C28H37N3O. The van der Waals surface area contributed by atoms with Crippen molar-refractivity contribution in [2.24, 2.45) is 18.9 Å². The summed E-state index contributed by atoms with van der Waals surface area (Å²) < 4.78 is 2.21. The van der Waals surface area contributed by atoms with Gasteiger partial charge in [0, 0.05) is 49.7 Å². The standard InChI is InChI=1S/C28H37N3O/c1-29-18-21(24-10-2-3-12-26(24)29)8-6-13-27(32)31-15-7-9-20-16-22-17-23(28(20)31)19-30-14-5-4-11-25(22)30/h2-3,10,12,16,18,22-23,25,28H,4-9,11,13-15,17,19H2,1H3/t22-,23-,25?,28?/m1/s1.